The first-order valence-electron chi connectivity index (χ1n) is 11.6. The van der Waals surface area contributed by atoms with Crippen LogP contribution in [0.15, 0.2) is 36.8 Å². The second-order valence-electron chi connectivity index (χ2n) is 9.66. The Morgan fingerprint density at radius 3 is 2.66 bits per heavy atom. The van der Waals surface area contributed by atoms with Crippen molar-refractivity contribution in [1.29, 1.82) is 0 Å². The van der Waals surface area contributed by atoms with Gasteiger partial charge in [-0.25, -0.2) is 14.8 Å². The van der Waals surface area contributed by atoms with Gasteiger partial charge in [0, 0.05) is 6.54 Å². The molecule has 3 N–H and O–H groups in total. The molecule has 10 heteroatoms. The molecule has 0 aliphatic carbocycles. The fourth-order valence-electron chi connectivity index (χ4n) is 4.17. The lowest BCUT2D eigenvalue weighted by Crippen LogP contribution is -2.44. The van der Waals surface area contributed by atoms with E-state index in [0.717, 1.165) is 35.9 Å². The summed E-state index contributed by atoms with van der Waals surface area (Å²) in [5.41, 5.74) is 3.06. The van der Waals surface area contributed by atoms with E-state index in [1.165, 1.54) is 6.20 Å². The van der Waals surface area contributed by atoms with Crippen LogP contribution in [0, 0.1) is 6.92 Å². The van der Waals surface area contributed by atoms with E-state index in [1.54, 1.807) is 45.0 Å². The number of nitrogens with zero attached hydrogens (tertiary/aromatic N) is 3. The SMILES string of the molecule is Cc1cc(NC(=O)C(=O)N2CCCC[C@H]2c2ccc3nc[nH]c3c2)cnc1NC(=O)OC(C)(C)C. The van der Waals surface area contributed by atoms with E-state index in [2.05, 4.69) is 25.6 Å². The van der Waals surface area contributed by atoms with Gasteiger partial charge in [0.2, 0.25) is 0 Å². The fourth-order valence-corrected chi connectivity index (χ4v) is 4.17. The van der Waals surface area contributed by atoms with Gasteiger partial charge in [0.1, 0.15) is 11.4 Å². The lowest BCUT2D eigenvalue weighted by molar-refractivity contribution is -0.145. The maximum absolute atomic E-state index is 13.1. The number of likely N-dealkylation sites (tertiary alicyclic amines) is 1. The van der Waals surface area contributed by atoms with Crippen LogP contribution in [0.2, 0.25) is 0 Å². The highest BCUT2D eigenvalue weighted by molar-refractivity contribution is 6.39. The van der Waals surface area contributed by atoms with Crippen molar-refractivity contribution in [3.8, 4) is 0 Å². The lowest BCUT2D eigenvalue weighted by Gasteiger charge is -2.35. The van der Waals surface area contributed by atoms with Crippen molar-refractivity contribution in [3.63, 3.8) is 0 Å². The normalized spacial score (nSPS) is 16.1. The van der Waals surface area contributed by atoms with Crippen molar-refractivity contribution in [1.82, 2.24) is 19.9 Å². The number of H-pyrrole nitrogens is 1. The van der Waals surface area contributed by atoms with E-state index in [4.69, 9.17) is 4.74 Å². The first-order valence-corrected chi connectivity index (χ1v) is 11.6. The number of pyridine rings is 1. The predicted octanol–water partition coefficient (Wildman–Crippen LogP) is 4.31. The van der Waals surface area contributed by atoms with E-state index in [0.29, 0.717) is 23.6 Å². The summed E-state index contributed by atoms with van der Waals surface area (Å²) in [4.78, 5) is 51.2. The Labute approximate surface area is 203 Å². The minimum Gasteiger partial charge on any atom is -0.444 e. The van der Waals surface area contributed by atoms with E-state index < -0.39 is 23.5 Å². The van der Waals surface area contributed by atoms with Gasteiger partial charge in [0.05, 0.1) is 35.3 Å². The van der Waals surface area contributed by atoms with E-state index in [-0.39, 0.29) is 6.04 Å². The molecule has 3 heterocycles. The van der Waals surface area contributed by atoms with Crippen LogP contribution in [0.3, 0.4) is 0 Å². The van der Waals surface area contributed by atoms with E-state index >= 15 is 0 Å². The molecule has 0 spiro atoms. The largest absolute Gasteiger partial charge is 0.444 e. The molecule has 2 aromatic heterocycles. The molecule has 4 rings (SSSR count). The Kier molecular flexibility index (Phi) is 6.72. The summed E-state index contributed by atoms with van der Waals surface area (Å²) in [5.74, 6) is -1.00. The highest BCUT2D eigenvalue weighted by atomic mass is 16.6. The smallest absolute Gasteiger partial charge is 0.413 e. The van der Waals surface area contributed by atoms with E-state index in [9.17, 15) is 14.4 Å². The molecule has 1 aliphatic rings. The summed E-state index contributed by atoms with van der Waals surface area (Å²) < 4.78 is 5.24. The molecule has 0 radical (unpaired) electrons. The summed E-state index contributed by atoms with van der Waals surface area (Å²) in [6.07, 6.45) is 5.01. The molecule has 0 saturated carbocycles. The number of aromatic nitrogens is 3. The second-order valence-corrected chi connectivity index (χ2v) is 9.66. The third-order valence-electron chi connectivity index (χ3n) is 5.74. The number of hydrogen-bond donors (Lipinski definition) is 3. The Balaban J connectivity index is 1.44. The predicted molar refractivity (Wildman–Crippen MR) is 132 cm³/mol. The summed E-state index contributed by atoms with van der Waals surface area (Å²) in [6, 6.07) is 7.32. The Morgan fingerprint density at radius 1 is 1.11 bits per heavy atom. The number of nitrogens with one attached hydrogen (secondary N) is 3. The molecule has 184 valence electrons. The van der Waals surface area contributed by atoms with Crippen LogP contribution < -0.4 is 10.6 Å². The molecule has 3 amide bonds. The molecule has 0 unspecified atom stereocenters. The quantitative estimate of drug-likeness (QED) is 0.481. The molecule has 0 bridgehead atoms. The number of anilines is 2. The van der Waals surface area contributed by atoms with Gasteiger partial charge in [-0.05, 0) is 76.3 Å². The zero-order valence-corrected chi connectivity index (χ0v) is 20.3. The number of carbonyl (C=O) groups excluding carboxylic acids is 3. The van der Waals surface area contributed by atoms with Crippen molar-refractivity contribution in [2.45, 2.75) is 58.6 Å². The number of rotatable bonds is 3. The van der Waals surface area contributed by atoms with Gasteiger partial charge >= 0.3 is 17.9 Å². The summed E-state index contributed by atoms with van der Waals surface area (Å²) in [5, 5.41) is 5.23. The number of hydrogen-bond acceptors (Lipinski definition) is 6. The topological polar surface area (TPSA) is 129 Å². The second kappa shape index (κ2) is 9.73. The zero-order valence-electron chi connectivity index (χ0n) is 20.3. The number of ether oxygens (including phenoxy) is 1. The number of benzene rings is 1. The number of aromatic amines is 1. The first-order chi connectivity index (χ1) is 16.6. The van der Waals surface area contributed by atoms with Crippen LogP contribution >= 0.6 is 0 Å². The molecule has 35 heavy (non-hydrogen) atoms. The molecule has 10 nitrogen and oxygen atoms in total. The van der Waals surface area contributed by atoms with Crippen molar-refractivity contribution in [2.75, 3.05) is 17.2 Å². The Hall–Kier alpha value is -3.95. The standard InChI is InChI=1S/C25H30N6O4/c1-15-11-17(13-26-21(15)30-24(34)35-25(2,3)4)29-22(32)23(33)31-10-6-5-7-20(31)16-8-9-18-19(12-16)28-14-27-18/h8-9,11-14,20H,5-7,10H2,1-4H3,(H,27,28)(H,29,32)(H,26,30,34)/t20-/m0/s1. The summed E-state index contributed by atoms with van der Waals surface area (Å²) in [7, 11) is 0. The first kappa shape index (κ1) is 24.2. The van der Waals surface area contributed by atoms with Crippen molar-refractivity contribution < 1.29 is 19.1 Å². The Bertz CT molecular complexity index is 1260. The van der Waals surface area contributed by atoms with Gasteiger partial charge in [-0.15, -0.1) is 0 Å². The van der Waals surface area contributed by atoms with Gasteiger partial charge in [0.15, 0.2) is 0 Å². The minimum atomic E-state index is -0.728. The fraction of sp³-hybridized carbons (Fsp3) is 0.400. The number of aryl methyl sites for hydroxylation is 1. The molecule has 1 saturated heterocycles. The van der Waals surface area contributed by atoms with Crippen molar-refractivity contribution >= 4 is 40.4 Å². The van der Waals surface area contributed by atoms with Gasteiger partial charge in [-0.3, -0.25) is 14.9 Å². The molecular formula is C25H30N6O4. The monoisotopic (exact) mass is 478 g/mol. The van der Waals surface area contributed by atoms with Crippen LogP contribution in [-0.2, 0) is 14.3 Å². The molecular weight excluding hydrogens is 448 g/mol. The summed E-state index contributed by atoms with van der Waals surface area (Å²) >= 11 is 0. The third kappa shape index (κ3) is 5.76. The zero-order chi connectivity index (χ0) is 25.2. The van der Waals surface area contributed by atoms with Crippen molar-refractivity contribution in [3.05, 3.63) is 47.9 Å². The number of fused-ring (bicyclic) bond motifs is 1. The van der Waals surface area contributed by atoms with Crippen LogP contribution in [-0.4, -0.2) is 49.9 Å². The number of imidazole rings is 1. The maximum atomic E-state index is 13.1. The average molecular weight is 479 g/mol. The molecule has 1 atom stereocenters. The number of piperidine rings is 1. The maximum Gasteiger partial charge on any atom is 0.413 e. The van der Waals surface area contributed by atoms with Crippen LogP contribution in [0.1, 0.15) is 57.2 Å². The van der Waals surface area contributed by atoms with Gasteiger partial charge in [0.25, 0.3) is 0 Å². The third-order valence-corrected chi connectivity index (χ3v) is 5.74. The highest BCUT2D eigenvalue weighted by Gasteiger charge is 2.32. The van der Waals surface area contributed by atoms with Gasteiger partial charge < -0.3 is 19.9 Å². The molecule has 1 fully saturated rings. The summed E-state index contributed by atoms with van der Waals surface area (Å²) in [6.45, 7) is 7.55. The minimum absolute atomic E-state index is 0.185. The van der Waals surface area contributed by atoms with Crippen molar-refractivity contribution in [2.24, 2.45) is 0 Å². The Morgan fingerprint density at radius 2 is 1.91 bits per heavy atom. The average Bonchev–Trinajstić information content (AvgIpc) is 3.27. The molecule has 3 aromatic rings. The van der Waals surface area contributed by atoms with Gasteiger partial charge in [-0.1, -0.05) is 6.07 Å². The highest BCUT2D eigenvalue weighted by Crippen LogP contribution is 2.32. The number of carbonyl (C=O) groups is 3. The lowest BCUT2D eigenvalue weighted by atomic mass is 9.94. The molecule has 1 aromatic carbocycles. The molecule has 1 aliphatic heterocycles. The number of amides is 3. The van der Waals surface area contributed by atoms with Gasteiger partial charge in [-0.2, -0.15) is 0 Å². The van der Waals surface area contributed by atoms with Crippen LogP contribution in [0.5, 0.6) is 0 Å². The van der Waals surface area contributed by atoms with E-state index in [1.807, 2.05) is 18.2 Å². The van der Waals surface area contributed by atoms with Crippen LogP contribution in [0.4, 0.5) is 16.3 Å². The van der Waals surface area contributed by atoms with Crippen LogP contribution in [0.25, 0.3) is 11.0 Å².